The summed E-state index contributed by atoms with van der Waals surface area (Å²) in [5.74, 6) is -0.682. The van der Waals surface area contributed by atoms with Crippen molar-refractivity contribution in [2.24, 2.45) is 0 Å². The maximum atomic E-state index is 13.4. The molecule has 0 aliphatic rings. The van der Waals surface area contributed by atoms with Gasteiger partial charge in [0, 0.05) is 0 Å². The van der Waals surface area contributed by atoms with Crippen molar-refractivity contribution in [2.45, 2.75) is 33.6 Å². The smallest absolute Gasteiger partial charge is 0.188 e. The Hall–Kier alpha value is -1.44. The van der Waals surface area contributed by atoms with Crippen LogP contribution in [0.5, 0.6) is 0 Å². The Morgan fingerprint density at radius 2 is 1.94 bits per heavy atom. The fraction of sp³-hybridized carbons (Fsp3) is 0.357. The first-order valence-electron chi connectivity index (χ1n) is 5.58. The number of rotatable bonds is 4. The number of allylic oxidation sites excluding steroid dienone is 2. The van der Waals surface area contributed by atoms with Crippen molar-refractivity contribution in [1.29, 1.82) is 0 Å². The number of ketones is 1. The Kier molecular flexibility index (Phi) is 4.41. The normalized spacial score (nSPS) is 10.0. The number of halogens is 1. The van der Waals surface area contributed by atoms with Crippen molar-refractivity contribution in [3.05, 3.63) is 46.8 Å². The van der Waals surface area contributed by atoms with Gasteiger partial charge >= 0.3 is 0 Å². The van der Waals surface area contributed by atoms with E-state index in [2.05, 4.69) is 0 Å². The van der Waals surface area contributed by atoms with Gasteiger partial charge in [0.05, 0.1) is 5.56 Å². The quantitative estimate of drug-likeness (QED) is 0.552. The Balaban J connectivity index is 3.05. The monoisotopic (exact) mass is 220 g/mol. The third-order valence-corrected chi connectivity index (χ3v) is 2.63. The van der Waals surface area contributed by atoms with Gasteiger partial charge in [0.1, 0.15) is 5.82 Å². The first kappa shape index (κ1) is 12.6. The second-order valence-corrected chi connectivity index (χ2v) is 3.86. The average molecular weight is 220 g/mol. The van der Waals surface area contributed by atoms with Gasteiger partial charge < -0.3 is 0 Å². The SMILES string of the molecule is CCC(=CC(=O)c1cc(C)ccc1F)CC. The van der Waals surface area contributed by atoms with E-state index in [1.165, 1.54) is 6.07 Å². The number of hydrogen-bond donors (Lipinski definition) is 0. The van der Waals surface area contributed by atoms with Gasteiger partial charge in [0.2, 0.25) is 0 Å². The molecule has 0 unspecified atom stereocenters. The van der Waals surface area contributed by atoms with Crippen LogP contribution in [0.2, 0.25) is 0 Å². The van der Waals surface area contributed by atoms with E-state index in [1.807, 2.05) is 20.8 Å². The zero-order valence-corrected chi connectivity index (χ0v) is 10.0. The highest BCUT2D eigenvalue weighted by Gasteiger charge is 2.09. The van der Waals surface area contributed by atoms with Crippen LogP contribution in [0.25, 0.3) is 0 Å². The van der Waals surface area contributed by atoms with Crippen LogP contribution in [0, 0.1) is 12.7 Å². The fourth-order valence-electron chi connectivity index (χ4n) is 1.55. The molecular weight excluding hydrogens is 203 g/mol. The minimum absolute atomic E-state index is 0.166. The van der Waals surface area contributed by atoms with E-state index in [1.54, 1.807) is 18.2 Å². The van der Waals surface area contributed by atoms with Crippen LogP contribution in [0.1, 0.15) is 42.6 Å². The van der Waals surface area contributed by atoms with Crippen LogP contribution in [0.3, 0.4) is 0 Å². The average Bonchev–Trinajstić information content (AvgIpc) is 2.28. The molecule has 1 nitrogen and oxygen atoms in total. The molecule has 0 heterocycles. The van der Waals surface area contributed by atoms with E-state index in [4.69, 9.17) is 0 Å². The lowest BCUT2D eigenvalue weighted by molar-refractivity contribution is 0.104. The zero-order valence-electron chi connectivity index (χ0n) is 10.0. The second kappa shape index (κ2) is 5.59. The molecule has 0 atom stereocenters. The first-order valence-corrected chi connectivity index (χ1v) is 5.58. The van der Waals surface area contributed by atoms with E-state index in [0.29, 0.717) is 0 Å². The lowest BCUT2D eigenvalue weighted by atomic mass is 10.0. The molecule has 0 bridgehead atoms. The summed E-state index contributed by atoms with van der Waals surface area (Å²) in [6.07, 6.45) is 3.21. The number of carbonyl (C=O) groups excluding carboxylic acids is 1. The van der Waals surface area contributed by atoms with Crippen LogP contribution in [-0.2, 0) is 0 Å². The highest BCUT2D eigenvalue weighted by molar-refractivity contribution is 6.05. The Labute approximate surface area is 96.0 Å². The highest BCUT2D eigenvalue weighted by atomic mass is 19.1. The first-order chi connectivity index (χ1) is 7.58. The molecule has 0 amide bonds. The van der Waals surface area contributed by atoms with Gasteiger partial charge in [-0.1, -0.05) is 31.1 Å². The van der Waals surface area contributed by atoms with Crippen molar-refractivity contribution in [3.63, 3.8) is 0 Å². The van der Waals surface area contributed by atoms with Crippen LogP contribution in [-0.4, -0.2) is 5.78 Å². The summed E-state index contributed by atoms with van der Waals surface area (Å²) in [6.45, 7) is 5.84. The van der Waals surface area contributed by atoms with Crippen LogP contribution >= 0.6 is 0 Å². The van der Waals surface area contributed by atoms with Gasteiger partial charge in [0.15, 0.2) is 5.78 Å². The number of aryl methyl sites for hydroxylation is 1. The predicted molar refractivity (Wildman–Crippen MR) is 64.1 cm³/mol. The Bertz CT molecular complexity index is 413. The lowest BCUT2D eigenvalue weighted by Gasteiger charge is -2.03. The van der Waals surface area contributed by atoms with Crippen LogP contribution < -0.4 is 0 Å². The standard InChI is InChI=1S/C14H17FO/c1-4-11(5-2)9-14(16)12-8-10(3)6-7-13(12)15/h6-9H,4-5H2,1-3H3. The van der Waals surface area contributed by atoms with Crippen molar-refractivity contribution in [1.82, 2.24) is 0 Å². The van der Waals surface area contributed by atoms with Crippen molar-refractivity contribution in [3.8, 4) is 0 Å². The molecule has 16 heavy (non-hydrogen) atoms. The molecule has 2 heteroatoms. The molecule has 0 aliphatic heterocycles. The van der Waals surface area contributed by atoms with Gasteiger partial charge in [-0.15, -0.1) is 0 Å². The van der Waals surface area contributed by atoms with Gasteiger partial charge in [-0.3, -0.25) is 4.79 Å². The zero-order chi connectivity index (χ0) is 12.1. The second-order valence-electron chi connectivity index (χ2n) is 3.86. The third kappa shape index (κ3) is 3.02. The van der Waals surface area contributed by atoms with Crippen LogP contribution in [0.4, 0.5) is 4.39 Å². The summed E-state index contributed by atoms with van der Waals surface area (Å²) in [5.41, 5.74) is 2.11. The summed E-state index contributed by atoms with van der Waals surface area (Å²) < 4.78 is 13.4. The highest BCUT2D eigenvalue weighted by Crippen LogP contribution is 2.14. The molecule has 0 saturated heterocycles. The molecule has 1 rings (SSSR count). The topological polar surface area (TPSA) is 17.1 Å². The molecule has 0 radical (unpaired) electrons. The van der Waals surface area contributed by atoms with Crippen molar-refractivity contribution < 1.29 is 9.18 Å². The van der Waals surface area contributed by atoms with Gasteiger partial charge in [0.25, 0.3) is 0 Å². The molecule has 1 aromatic carbocycles. The van der Waals surface area contributed by atoms with Crippen molar-refractivity contribution >= 4 is 5.78 Å². The Morgan fingerprint density at radius 1 is 1.31 bits per heavy atom. The van der Waals surface area contributed by atoms with E-state index in [-0.39, 0.29) is 11.3 Å². The summed E-state index contributed by atoms with van der Waals surface area (Å²) >= 11 is 0. The minimum Gasteiger partial charge on any atom is -0.289 e. The van der Waals surface area contributed by atoms with Gasteiger partial charge in [-0.2, -0.15) is 0 Å². The third-order valence-electron chi connectivity index (χ3n) is 2.63. The number of hydrogen-bond acceptors (Lipinski definition) is 1. The van der Waals surface area contributed by atoms with Gasteiger partial charge in [-0.05, 0) is 38.0 Å². The molecule has 0 aromatic heterocycles. The lowest BCUT2D eigenvalue weighted by Crippen LogP contribution is -2.00. The Morgan fingerprint density at radius 3 is 2.50 bits per heavy atom. The van der Waals surface area contributed by atoms with E-state index < -0.39 is 5.82 Å². The molecule has 0 N–H and O–H groups in total. The summed E-state index contributed by atoms with van der Waals surface area (Å²) in [5, 5.41) is 0. The predicted octanol–water partition coefficient (Wildman–Crippen LogP) is 4.06. The fourth-order valence-corrected chi connectivity index (χ4v) is 1.55. The molecule has 0 spiro atoms. The minimum atomic E-state index is -0.446. The molecule has 1 aromatic rings. The molecule has 0 saturated carbocycles. The maximum Gasteiger partial charge on any atom is 0.188 e. The van der Waals surface area contributed by atoms with Crippen LogP contribution in [0.15, 0.2) is 29.8 Å². The van der Waals surface area contributed by atoms with Crippen molar-refractivity contribution in [2.75, 3.05) is 0 Å². The number of carbonyl (C=O) groups is 1. The summed E-state index contributed by atoms with van der Waals surface area (Å²) in [6, 6.07) is 4.60. The molecular formula is C14H17FO. The maximum absolute atomic E-state index is 13.4. The van der Waals surface area contributed by atoms with E-state index >= 15 is 0 Å². The number of benzene rings is 1. The summed E-state index contributed by atoms with van der Waals surface area (Å²) in [7, 11) is 0. The summed E-state index contributed by atoms with van der Waals surface area (Å²) in [4.78, 5) is 11.8. The molecule has 0 aliphatic carbocycles. The molecule has 0 fully saturated rings. The van der Waals surface area contributed by atoms with E-state index in [9.17, 15) is 9.18 Å². The molecule has 86 valence electrons. The van der Waals surface area contributed by atoms with E-state index in [0.717, 1.165) is 24.0 Å². The van der Waals surface area contributed by atoms with Gasteiger partial charge in [-0.25, -0.2) is 4.39 Å². The largest absolute Gasteiger partial charge is 0.289 e.